The van der Waals surface area contributed by atoms with Gasteiger partial charge in [0.1, 0.15) is 10.8 Å². The van der Waals surface area contributed by atoms with E-state index < -0.39 is 0 Å². The molecular formula is C24H32N4O3S2. The van der Waals surface area contributed by atoms with Crippen molar-refractivity contribution in [3.8, 4) is 5.75 Å². The van der Waals surface area contributed by atoms with Gasteiger partial charge in [0.25, 0.3) is 5.91 Å². The fourth-order valence-corrected chi connectivity index (χ4v) is 5.82. The number of rotatable bonds is 8. The van der Waals surface area contributed by atoms with Crippen LogP contribution >= 0.6 is 23.1 Å². The van der Waals surface area contributed by atoms with Crippen LogP contribution < -0.4 is 4.74 Å². The highest BCUT2D eigenvalue weighted by atomic mass is 32.2. The molecule has 9 heteroatoms. The number of aromatic nitrogens is 2. The third-order valence-electron chi connectivity index (χ3n) is 6.45. The molecule has 178 valence electrons. The topological polar surface area (TPSA) is 75.6 Å². The van der Waals surface area contributed by atoms with Crippen molar-refractivity contribution in [1.29, 1.82) is 0 Å². The van der Waals surface area contributed by atoms with E-state index in [-0.39, 0.29) is 18.2 Å². The quantitative estimate of drug-likeness (QED) is 0.520. The van der Waals surface area contributed by atoms with Gasteiger partial charge in [-0.15, -0.1) is 10.2 Å². The summed E-state index contributed by atoms with van der Waals surface area (Å²) in [6.07, 6.45) is 9.99. The lowest BCUT2D eigenvalue weighted by Crippen LogP contribution is -2.51. The van der Waals surface area contributed by atoms with E-state index in [0.29, 0.717) is 38.3 Å². The Balaban J connectivity index is 1.24. The molecule has 0 atom stereocenters. The van der Waals surface area contributed by atoms with Crippen LogP contribution in [0.15, 0.2) is 28.6 Å². The van der Waals surface area contributed by atoms with Crippen molar-refractivity contribution in [1.82, 2.24) is 20.0 Å². The fourth-order valence-electron chi connectivity index (χ4n) is 4.51. The molecule has 1 saturated heterocycles. The first-order valence-corrected chi connectivity index (χ1v) is 13.8. The average Bonchev–Trinajstić information content (AvgIpc) is 3.32. The zero-order chi connectivity index (χ0) is 23.0. The van der Waals surface area contributed by atoms with Crippen molar-refractivity contribution in [3.05, 3.63) is 34.8 Å². The van der Waals surface area contributed by atoms with Crippen molar-refractivity contribution >= 4 is 34.9 Å². The SMILES string of the molecule is CSc1nnc(CC(=O)N2CCN(C(=O)c3cccc(OCCC4CCCCC4)c3)CC2)s1. The molecule has 33 heavy (non-hydrogen) atoms. The molecule has 0 N–H and O–H groups in total. The molecule has 0 bridgehead atoms. The first-order chi connectivity index (χ1) is 16.1. The van der Waals surface area contributed by atoms with Crippen LogP contribution in [0.4, 0.5) is 0 Å². The molecule has 1 aliphatic heterocycles. The Morgan fingerprint density at radius 3 is 2.58 bits per heavy atom. The second-order valence-corrected chi connectivity index (χ2v) is 10.8. The Hall–Kier alpha value is -2.13. The number of nitrogens with zero attached hydrogens (tertiary/aromatic N) is 4. The largest absolute Gasteiger partial charge is 0.494 e. The van der Waals surface area contributed by atoms with E-state index in [2.05, 4.69) is 10.2 Å². The third-order valence-corrected chi connectivity index (χ3v) is 8.34. The Labute approximate surface area is 203 Å². The van der Waals surface area contributed by atoms with Crippen molar-refractivity contribution in [2.45, 2.75) is 49.3 Å². The van der Waals surface area contributed by atoms with E-state index in [0.717, 1.165) is 27.4 Å². The van der Waals surface area contributed by atoms with Crippen LogP contribution in [0.5, 0.6) is 5.75 Å². The summed E-state index contributed by atoms with van der Waals surface area (Å²) in [5.74, 6) is 1.57. The van der Waals surface area contributed by atoms with Gasteiger partial charge in [-0.2, -0.15) is 0 Å². The van der Waals surface area contributed by atoms with E-state index in [1.165, 1.54) is 55.2 Å². The van der Waals surface area contributed by atoms with Crippen molar-refractivity contribution in [2.24, 2.45) is 5.92 Å². The summed E-state index contributed by atoms with van der Waals surface area (Å²) in [6, 6.07) is 7.49. The van der Waals surface area contributed by atoms with Crippen LogP contribution in [0.2, 0.25) is 0 Å². The lowest BCUT2D eigenvalue weighted by molar-refractivity contribution is -0.131. The fraction of sp³-hybridized carbons (Fsp3) is 0.583. The Bertz CT molecular complexity index is 937. The molecule has 1 aromatic carbocycles. The molecule has 2 amide bonds. The van der Waals surface area contributed by atoms with Gasteiger partial charge in [0.05, 0.1) is 13.0 Å². The summed E-state index contributed by atoms with van der Waals surface area (Å²) in [7, 11) is 0. The molecule has 1 aliphatic carbocycles. The molecule has 0 radical (unpaired) electrons. The maximum Gasteiger partial charge on any atom is 0.254 e. The van der Waals surface area contributed by atoms with Crippen molar-refractivity contribution in [3.63, 3.8) is 0 Å². The van der Waals surface area contributed by atoms with Gasteiger partial charge >= 0.3 is 0 Å². The van der Waals surface area contributed by atoms with Crippen LogP contribution in [-0.4, -0.2) is 70.9 Å². The number of piperazine rings is 1. The number of carbonyl (C=O) groups is 2. The van der Waals surface area contributed by atoms with Crippen LogP contribution in [0.25, 0.3) is 0 Å². The molecule has 2 fully saturated rings. The van der Waals surface area contributed by atoms with Gasteiger partial charge in [0.2, 0.25) is 5.91 Å². The molecule has 7 nitrogen and oxygen atoms in total. The molecule has 4 rings (SSSR count). The number of amides is 2. The van der Waals surface area contributed by atoms with Crippen LogP contribution in [0, 0.1) is 5.92 Å². The van der Waals surface area contributed by atoms with E-state index in [1.54, 1.807) is 0 Å². The number of carbonyl (C=O) groups excluding carboxylic acids is 2. The highest BCUT2D eigenvalue weighted by molar-refractivity contribution is 8.00. The number of thioether (sulfide) groups is 1. The first kappa shape index (κ1) is 24.0. The zero-order valence-electron chi connectivity index (χ0n) is 19.2. The number of benzene rings is 1. The summed E-state index contributed by atoms with van der Waals surface area (Å²) in [5, 5.41) is 8.87. The molecule has 2 aromatic rings. The minimum Gasteiger partial charge on any atom is -0.494 e. The molecule has 0 spiro atoms. The van der Waals surface area contributed by atoms with Gasteiger partial charge in [-0.25, -0.2) is 0 Å². The Kier molecular flexibility index (Phi) is 8.61. The summed E-state index contributed by atoms with van der Waals surface area (Å²) in [4.78, 5) is 29.3. The number of ether oxygens (including phenoxy) is 1. The highest BCUT2D eigenvalue weighted by Crippen LogP contribution is 2.26. The predicted octanol–water partition coefficient (Wildman–Crippen LogP) is 4.14. The number of hydrogen-bond acceptors (Lipinski definition) is 7. The van der Waals surface area contributed by atoms with Crippen LogP contribution in [0.3, 0.4) is 0 Å². The smallest absolute Gasteiger partial charge is 0.254 e. The molecule has 0 unspecified atom stereocenters. The summed E-state index contributed by atoms with van der Waals surface area (Å²) >= 11 is 2.99. The third kappa shape index (κ3) is 6.69. The standard InChI is InChI=1S/C24H32N4O3S2/c1-32-24-26-25-21(33-24)17-22(29)27-11-13-28(14-12-27)23(30)19-8-5-9-20(16-19)31-15-10-18-6-3-2-4-7-18/h5,8-9,16,18H,2-4,6-7,10-15,17H2,1H3. The second kappa shape index (κ2) is 11.8. The Morgan fingerprint density at radius 1 is 1.09 bits per heavy atom. The van der Waals surface area contributed by atoms with E-state index in [4.69, 9.17) is 4.74 Å². The summed E-state index contributed by atoms with van der Waals surface area (Å²) in [6.45, 7) is 2.84. The van der Waals surface area contributed by atoms with Gasteiger partial charge in [0, 0.05) is 31.7 Å². The maximum absolute atomic E-state index is 13.0. The number of hydrogen-bond donors (Lipinski definition) is 0. The normalized spacial score (nSPS) is 17.2. The zero-order valence-corrected chi connectivity index (χ0v) is 20.8. The Morgan fingerprint density at radius 2 is 1.85 bits per heavy atom. The van der Waals surface area contributed by atoms with E-state index >= 15 is 0 Å². The second-order valence-electron chi connectivity index (χ2n) is 8.68. The van der Waals surface area contributed by atoms with E-state index in [9.17, 15) is 9.59 Å². The molecular weight excluding hydrogens is 456 g/mol. The van der Waals surface area contributed by atoms with Crippen LogP contribution in [-0.2, 0) is 11.2 Å². The van der Waals surface area contributed by atoms with Crippen LogP contribution in [0.1, 0.15) is 53.9 Å². The van der Waals surface area contributed by atoms with Gasteiger partial charge in [-0.3, -0.25) is 9.59 Å². The first-order valence-electron chi connectivity index (χ1n) is 11.8. The van der Waals surface area contributed by atoms with Gasteiger partial charge in [0.15, 0.2) is 4.34 Å². The molecule has 1 saturated carbocycles. The monoisotopic (exact) mass is 488 g/mol. The van der Waals surface area contributed by atoms with E-state index in [1.807, 2.05) is 40.3 Å². The lowest BCUT2D eigenvalue weighted by atomic mass is 9.87. The van der Waals surface area contributed by atoms with Crippen molar-refractivity contribution < 1.29 is 14.3 Å². The minimum absolute atomic E-state index is 0.00596. The van der Waals surface area contributed by atoms with Gasteiger partial charge in [-0.1, -0.05) is 61.3 Å². The highest BCUT2D eigenvalue weighted by Gasteiger charge is 2.26. The molecule has 2 heterocycles. The minimum atomic E-state index is -0.00596. The van der Waals surface area contributed by atoms with Crippen molar-refractivity contribution in [2.75, 3.05) is 39.0 Å². The van der Waals surface area contributed by atoms with Gasteiger partial charge in [-0.05, 0) is 36.8 Å². The predicted molar refractivity (Wildman–Crippen MR) is 131 cm³/mol. The molecule has 2 aliphatic rings. The average molecular weight is 489 g/mol. The summed E-state index contributed by atoms with van der Waals surface area (Å²) in [5.41, 5.74) is 0.642. The van der Waals surface area contributed by atoms with Gasteiger partial charge < -0.3 is 14.5 Å². The molecule has 1 aromatic heterocycles. The lowest BCUT2D eigenvalue weighted by Gasteiger charge is -2.34. The summed E-state index contributed by atoms with van der Waals surface area (Å²) < 4.78 is 6.84. The maximum atomic E-state index is 13.0.